The number of carbonyl (C=O) groups is 2. The summed E-state index contributed by atoms with van der Waals surface area (Å²) in [4.78, 5) is 44.3. The number of H-pyrrole nitrogens is 1. The van der Waals surface area contributed by atoms with Gasteiger partial charge in [0.1, 0.15) is 10.7 Å². The second-order valence-electron chi connectivity index (χ2n) is 5.69. The Bertz CT molecular complexity index is 859. The average molecular weight is 381 g/mol. The third-order valence-electron chi connectivity index (χ3n) is 3.96. The van der Waals surface area contributed by atoms with E-state index in [2.05, 4.69) is 15.3 Å². The maximum Gasteiger partial charge on any atom is 0.307 e. The first-order valence-corrected chi connectivity index (χ1v) is 10.0. The number of ether oxygens (including phenoxy) is 1. The summed E-state index contributed by atoms with van der Waals surface area (Å²) >= 11 is 3.11. The van der Waals surface area contributed by atoms with Gasteiger partial charge in [-0.3, -0.25) is 14.4 Å². The monoisotopic (exact) mass is 381 g/mol. The van der Waals surface area contributed by atoms with Crippen LogP contribution in [0.3, 0.4) is 0 Å². The van der Waals surface area contributed by atoms with Gasteiger partial charge in [-0.15, -0.1) is 11.3 Å². The highest BCUT2D eigenvalue weighted by molar-refractivity contribution is 7.98. The molecule has 3 rings (SSSR count). The van der Waals surface area contributed by atoms with Crippen LogP contribution in [0.25, 0.3) is 10.2 Å². The molecule has 2 aromatic heterocycles. The quantitative estimate of drug-likeness (QED) is 0.555. The minimum absolute atomic E-state index is 0.0648. The lowest BCUT2D eigenvalue weighted by molar-refractivity contribution is -0.147. The molecule has 0 aromatic carbocycles. The van der Waals surface area contributed by atoms with Crippen LogP contribution in [-0.2, 0) is 32.9 Å². The van der Waals surface area contributed by atoms with Gasteiger partial charge in [-0.2, -0.15) is 11.8 Å². The lowest BCUT2D eigenvalue weighted by atomic mass is 10.2. The van der Waals surface area contributed by atoms with E-state index in [1.54, 1.807) is 11.3 Å². The SMILES string of the molecule is CNC(=O)COC(=O)CCSCc1nc2sc3c(c2c(=O)[nH]1)CCC3. The zero-order chi connectivity index (χ0) is 17.8. The molecular weight excluding hydrogens is 362 g/mol. The van der Waals surface area contributed by atoms with Crippen LogP contribution in [0.2, 0.25) is 0 Å². The molecule has 0 spiro atoms. The van der Waals surface area contributed by atoms with Crippen molar-refractivity contribution in [1.29, 1.82) is 0 Å². The third kappa shape index (κ3) is 4.21. The molecule has 0 saturated carbocycles. The predicted molar refractivity (Wildman–Crippen MR) is 98.1 cm³/mol. The van der Waals surface area contributed by atoms with Gasteiger partial charge < -0.3 is 15.0 Å². The number of amides is 1. The normalized spacial score (nSPS) is 13.0. The Kier molecular flexibility index (Phi) is 5.74. The van der Waals surface area contributed by atoms with E-state index in [4.69, 9.17) is 4.74 Å². The number of hydrogen-bond donors (Lipinski definition) is 2. The second-order valence-corrected chi connectivity index (χ2v) is 7.88. The van der Waals surface area contributed by atoms with Crippen molar-refractivity contribution < 1.29 is 14.3 Å². The van der Waals surface area contributed by atoms with Crippen LogP contribution >= 0.6 is 23.1 Å². The van der Waals surface area contributed by atoms with Crippen molar-refractivity contribution in [2.24, 2.45) is 0 Å². The molecule has 0 bridgehead atoms. The van der Waals surface area contributed by atoms with Crippen molar-refractivity contribution in [3.8, 4) is 0 Å². The van der Waals surface area contributed by atoms with Crippen LogP contribution in [0.1, 0.15) is 29.1 Å². The minimum atomic E-state index is -0.414. The number of carbonyl (C=O) groups excluding carboxylic acids is 2. The summed E-state index contributed by atoms with van der Waals surface area (Å²) in [6.45, 7) is -0.255. The van der Waals surface area contributed by atoms with Crippen molar-refractivity contribution >= 4 is 45.2 Å². The van der Waals surface area contributed by atoms with Crippen LogP contribution in [-0.4, -0.2) is 41.3 Å². The molecule has 0 fully saturated rings. The first-order chi connectivity index (χ1) is 12.1. The Morgan fingerprint density at radius 2 is 2.24 bits per heavy atom. The van der Waals surface area contributed by atoms with Crippen LogP contribution < -0.4 is 10.9 Å². The molecule has 9 heteroatoms. The summed E-state index contributed by atoms with van der Waals surface area (Å²) in [5.74, 6) is 0.939. The molecule has 25 heavy (non-hydrogen) atoms. The number of aromatic amines is 1. The summed E-state index contributed by atoms with van der Waals surface area (Å²) in [7, 11) is 1.49. The number of likely N-dealkylation sites (N-methyl/N-ethyl adjacent to an activating group) is 1. The summed E-state index contributed by atoms with van der Waals surface area (Å²) in [5.41, 5.74) is 1.11. The molecule has 7 nitrogen and oxygen atoms in total. The van der Waals surface area contributed by atoms with Crippen molar-refractivity contribution in [3.05, 3.63) is 26.6 Å². The zero-order valence-corrected chi connectivity index (χ0v) is 15.5. The van der Waals surface area contributed by atoms with Gasteiger partial charge in [0.25, 0.3) is 11.5 Å². The molecular formula is C16H19N3O4S2. The van der Waals surface area contributed by atoms with E-state index in [0.717, 1.165) is 29.5 Å². The molecule has 134 valence electrons. The van der Waals surface area contributed by atoms with Crippen LogP contribution in [0.4, 0.5) is 0 Å². The number of thioether (sulfide) groups is 1. The standard InChI is InChI=1S/C16H19N3O4S2/c1-17-12(20)7-23-13(21)5-6-24-8-11-18-15(22)14-9-3-2-4-10(9)25-16(14)19-11/h2-8H2,1H3,(H,17,20)(H,18,19,22). The highest BCUT2D eigenvalue weighted by Crippen LogP contribution is 2.34. The summed E-state index contributed by atoms with van der Waals surface area (Å²) in [6.07, 6.45) is 3.33. The molecule has 0 atom stereocenters. The Labute approximate surface area is 152 Å². The number of fused-ring (bicyclic) bond motifs is 3. The van der Waals surface area contributed by atoms with Gasteiger partial charge in [-0.1, -0.05) is 0 Å². The number of aryl methyl sites for hydroxylation is 2. The van der Waals surface area contributed by atoms with Gasteiger partial charge in [0.2, 0.25) is 0 Å². The Morgan fingerprint density at radius 3 is 3.04 bits per heavy atom. The molecule has 0 unspecified atom stereocenters. The Morgan fingerprint density at radius 1 is 1.40 bits per heavy atom. The molecule has 2 aromatic rings. The molecule has 0 radical (unpaired) electrons. The summed E-state index contributed by atoms with van der Waals surface area (Å²) < 4.78 is 4.82. The van der Waals surface area contributed by atoms with E-state index in [1.165, 1.54) is 29.3 Å². The van der Waals surface area contributed by atoms with Crippen molar-refractivity contribution in [1.82, 2.24) is 15.3 Å². The second kappa shape index (κ2) is 8.01. The highest BCUT2D eigenvalue weighted by atomic mass is 32.2. The van der Waals surface area contributed by atoms with Gasteiger partial charge in [0.15, 0.2) is 6.61 Å². The molecule has 1 aliphatic rings. The number of rotatable bonds is 7. The number of thiophene rings is 1. The van der Waals surface area contributed by atoms with E-state index in [1.807, 2.05) is 0 Å². The maximum atomic E-state index is 12.3. The zero-order valence-electron chi connectivity index (χ0n) is 13.8. The summed E-state index contributed by atoms with van der Waals surface area (Å²) in [6, 6.07) is 0. The van der Waals surface area contributed by atoms with E-state index in [9.17, 15) is 14.4 Å². The predicted octanol–water partition coefficient (Wildman–Crippen LogP) is 1.39. The maximum absolute atomic E-state index is 12.3. The average Bonchev–Trinajstić information content (AvgIpc) is 3.17. The molecule has 1 aliphatic carbocycles. The molecule has 2 heterocycles. The molecule has 0 saturated heterocycles. The fourth-order valence-corrected chi connectivity index (χ4v) is 4.80. The fourth-order valence-electron chi connectivity index (χ4n) is 2.73. The largest absolute Gasteiger partial charge is 0.456 e. The van der Waals surface area contributed by atoms with Gasteiger partial charge in [-0.25, -0.2) is 4.98 Å². The van der Waals surface area contributed by atoms with Gasteiger partial charge in [-0.05, 0) is 24.8 Å². The van der Waals surface area contributed by atoms with Crippen LogP contribution in [0.5, 0.6) is 0 Å². The fraction of sp³-hybridized carbons (Fsp3) is 0.500. The van der Waals surface area contributed by atoms with E-state index >= 15 is 0 Å². The van der Waals surface area contributed by atoms with Crippen LogP contribution in [0.15, 0.2) is 4.79 Å². The van der Waals surface area contributed by atoms with Crippen molar-refractivity contribution in [2.75, 3.05) is 19.4 Å². The van der Waals surface area contributed by atoms with Crippen molar-refractivity contribution in [2.45, 2.75) is 31.4 Å². The highest BCUT2D eigenvalue weighted by Gasteiger charge is 2.21. The van der Waals surface area contributed by atoms with E-state index < -0.39 is 5.97 Å². The molecule has 2 N–H and O–H groups in total. The molecule has 1 amide bonds. The minimum Gasteiger partial charge on any atom is -0.456 e. The molecule has 0 aliphatic heterocycles. The van der Waals surface area contributed by atoms with Gasteiger partial charge in [0, 0.05) is 17.7 Å². The topological polar surface area (TPSA) is 101 Å². The Balaban J connectivity index is 1.51. The smallest absolute Gasteiger partial charge is 0.307 e. The number of esters is 1. The van der Waals surface area contributed by atoms with Crippen LogP contribution in [0, 0.1) is 0 Å². The Hall–Kier alpha value is -1.87. The third-order valence-corrected chi connectivity index (χ3v) is 6.11. The summed E-state index contributed by atoms with van der Waals surface area (Å²) in [5, 5.41) is 3.13. The van der Waals surface area contributed by atoms with Gasteiger partial charge in [0.05, 0.1) is 17.6 Å². The lowest BCUT2D eigenvalue weighted by Gasteiger charge is -2.04. The first-order valence-electron chi connectivity index (χ1n) is 8.06. The first kappa shape index (κ1) is 17.9. The van der Waals surface area contributed by atoms with Gasteiger partial charge >= 0.3 is 5.97 Å². The number of nitrogens with one attached hydrogen (secondary N) is 2. The lowest BCUT2D eigenvalue weighted by Crippen LogP contribution is -2.25. The number of aromatic nitrogens is 2. The van der Waals surface area contributed by atoms with E-state index in [-0.39, 0.29) is 24.5 Å². The van der Waals surface area contributed by atoms with Crippen molar-refractivity contribution in [3.63, 3.8) is 0 Å². The number of nitrogens with zero attached hydrogens (tertiary/aromatic N) is 1. The van der Waals surface area contributed by atoms with E-state index in [0.29, 0.717) is 17.3 Å². The number of hydrogen-bond acceptors (Lipinski definition) is 7.